The lowest BCUT2D eigenvalue weighted by Crippen LogP contribution is -2.44. The second-order valence-corrected chi connectivity index (χ2v) is 6.93. The predicted octanol–water partition coefficient (Wildman–Crippen LogP) is 1.80. The fourth-order valence-corrected chi connectivity index (χ4v) is 2.44. The molecule has 0 saturated carbocycles. The highest BCUT2D eigenvalue weighted by atomic mass is 16.5. The molecule has 1 N–H and O–H groups in total. The third-order valence-corrected chi connectivity index (χ3v) is 4.38. The fraction of sp³-hybridized carbons (Fsp3) is 0.474. The Labute approximate surface area is 152 Å². The number of ether oxygens (including phenoxy) is 1. The van der Waals surface area contributed by atoms with Gasteiger partial charge >= 0.3 is 5.97 Å². The summed E-state index contributed by atoms with van der Waals surface area (Å²) >= 11 is 0. The van der Waals surface area contributed by atoms with Crippen molar-refractivity contribution >= 4 is 23.7 Å². The highest BCUT2D eigenvalue weighted by molar-refractivity contribution is 6.01. The number of imide groups is 1. The van der Waals surface area contributed by atoms with E-state index in [9.17, 15) is 19.2 Å². The molecular formula is C19H24N2O5. The topological polar surface area (TPSA) is 92.8 Å². The molecule has 0 atom stereocenters. The number of amides is 3. The van der Waals surface area contributed by atoms with E-state index in [2.05, 4.69) is 5.32 Å². The molecule has 0 spiro atoms. The molecule has 0 aromatic heterocycles. The molecule has 1 heterocycles. The van der Waals surface area contributed by atoms with Crippen LogP contribution in [0.3, 0.4) is 0 Å². The molecular weight excluding hydrogens is 336 g/mol. The summed E-state index contributed by atoms with van der Waals surface area (Å²) in [4.78, 5) is 48.3. The molecule has 1 aromatic carbocycles. The Hall–Kier alpha value is -2.70. The number of nitrogens with one attached hydrogen (secondary N) is 1. The van der Waals surface area contributed by atoms with Crippen molar-refractivity contribution in [2.24, 2.45) is 0 Å². The van der Waals surface area contributed by atoms with Crippen LogP contribution >= 0.6 is 0 Å². The molecule has 1 fully saturated rings. The minimum Gasteiger partial charge on any atom is -0.452 e. The standard InChI is InChI=1S/C19H24N2O5/c1-4-19(2,3)20-15(22)12-26-18(25)14-7-5-13(6-8-14)11-21-16(23)9-10-17(21)24/h5-8H,4,9-12H2,1-3H3,(H,20,22). The normalized spacial score (nSPS) is 14.5. The van der Waals surface area contributed by atoms with Gasteiger partial charge in [-0.2, -0.15) is 0 Å². The van der Waals surface area contributed by atoms with E-state index in [1.165, 1.54) is 4.90 Å². The highest BCUT2D eigenvalue weighted by Crippen LogP contribution is 2.16. The molecule has 3 amide bonds. The second-order valence-electron chi connectivity index (χ2n) is 6.93. The summed E-state index contributed by atoms with van der Waals surface area (Å²) in [6, 6.07) is 6.43. The zero-order valence-corrected chi connectivity index (χ0v) is 15.3. The summed E-state index contributed by atoms with van der Waals surface area (Å²) in [5, 5.41) is 2.79. The lowest BCUT2D eigenvalue weighted by atomic mass is 10.0. The number of carbonyl (C=O) groups is 4. The van der Waals surface area contributed by atoms with Crippen molar-refractivity contribution in [3.63, 3.8) is 0 Å². The van der Waals surface area contributed by atoms with Crippen LogP contribution in [0.15, 0.2) is 24.3 Å². The van der Waals surface area contributed by atoms with Crippen molar-refractivity contribution in [1.82, 2.24) is 10.2 Å². The maximum atomic E-state index is 12.0. The van der Waals surface area contributed by atoms with Gasteiger partial charge in [0.15, 0.2) is 6.61 Å². The largest absolute Gasteiger partial charge is 0.452 e. The molecule has 7 heteroatoms. The quantitative estimate of drug-likeness (QED) is 0.591. The van der Waals surface area contributed by atoms with Crippen molar-refractivity contribution in [2.45, 2.75) is 52.1 Å². The van der Waals surface area contributed by atoms with Crippen molar-refractivity contribution < 1.29 is 23.9 Å². The van der Waals surface area contributed by atoms with Crippen LogP contribution in [0.4, 0.5) is 0 Å². The van der Waals surface area contributed by atoms with Gasteiger partial charge in [-0.05, 0) is 38.0 Å². The van der Waals surface area contributed by atoms with Gasteiger partial charge < -0.3 is 10.1 Å². The number of carbonyl (C=O) groups excluding carboxylic acids is 4. The Morgan fingerprint density at radius 3 is 2.23 bits per heavy atom. The molecule has 1 aromatic rings. The molecule has 1 saturated heterocycles. The number of rotatable bonds is 7. The smallest absolute Gasteiger partial charge is 0.338 e. The van der Waals surface area contributed by atoms with Crippen LogP contribution in [-0.4, -0.2) is 40.7 Å². The number of benzene rings is 1. The number of esters is 1. The molecule has 0 aliphatic carbocycles. The average molecular weight is 360 g/mol. The fourth-order valence-electron chi connectivity index (χ4n) is 2.44. The maximum absolute atomic E-state index is 12.0. The van der Waals surface area contributed by atoms with Crippen LogP contribution in [0.2, 0.25) is 0 Å². The van der Waals surface area contributed by atoms with E-state index >= 15 is 0 Å². The molecule has 140 valence electrons. The van der Waals surface area contributed by atoms with Crippen LogP contribution < -0.4 is 5.32 Å². The van der Waals surface area contributed by atoms with E-state index in [1.54, 1.807) is 24.3 Å². The predicted molar refractivity (Wildman–Crippen MR) is 94.0 cm³/mol. The monoisotopic (exact) mass is 360 g/mol. The van der Waals surface area contributed by atoms with Gasteiger partial charge in [0.25, 0.3) is 5.91 Å². The van der Waals surface area contributed by atoms with E-state index < -0.39 is 5.97 Å². The average Bonchev–Trinajstić information content (AvgIpc) is 2.92. The Morgan fingerprint density at radius 1 is 1.12 bits per heavy atom. The summed E-state index contributed by atoms with van der Waals surface area (Å²) in [7, 11) is 0. The summed E-state index contributed by atoms with van der Waals surface area (Å²) in [6.45, 7) is 5.59. The molecule has 1 aliphatic rings. The number of likely N-dealkylation sites (tertiary alicyclic amines) is 1. The first-order chi connectivity index (χ1) is 12.2. The third kappa shape index (κ3) is 5.15. The van der Waals surface area contributed by atoms with E-state index in [-0.39, 0.29) is 49.3 Å². The highest BCUT2D eigenvalue weighted by Gasteiger charge is 2.28. The molecule has 26 heavy (non-hydrogen) atoms. The van der Waals surface area contributed by atoms with Gasteiger partial charge in [0, 0.05) is 18.4 Å². The van der Waals surface area contributed by atoms with Gasteiger partial charge in [-0.25, -0.2) is 4.79 Å². The van der Waals surface area contributed by atoms with Crippen LogP contribution in [0.1, 0.15) is 56.0 Å². The zero-order valence-electron chi connectivity index (χ0n) is 15.3. The van der Waals surface area contributed by atoms with Gasteiger partial charge in [-0.1, -0.05) is 19.1 Å². The Balaban J connectivity index is 1.87. The van der Waals surface area contributed by atoms with Crippen molar-refractivity contribution in [1.29, 1.82) is 0 Å². The Bertz CT molecular complexity index is 693. The Morgan fingerprint density at radius 2 is 1.69 bits per heavy atom. The third-order valence-electron chi connectivity index (χ3n) is 4.38. The second kappa shape index (κ2) is 8.12. The van der Waals surface area contributed by atoms with E-state index in [4.69, 9.17) is 4.74 Å². The van der Waals surface area contributed by atoms with Crippen molar-refractivity contribution in [3.8, 4) is 0 Å². The zero-order chi connectivity index (χ0) is 19.3. The SMILES string of the molecule is CCC(C)(C)NC(=O)COC(=O)c1ccc(CN2C(=O)CCC2=O)cc1. The van der Waals surface area contributed by atoms with Gasteiger partial charge in [0.05, 0.1) is 12.1 Å². The first-order valence-electron chi connectivity index (χ1n) is 8.62. The Kier molecular flexibility index (Phi) is 6.13. The first-order valence-corrected chi connectivity index (χ1v) is 8.62. The molecule has 0 unspecified atom stereocenters. The van der Waals surface area contributed by atoms with E-state index in [1.807, 2.05) is 20.8 Å². The summed E-state index contributed by atoms with van der Waals surface area (Å²) in [5.41, 5.74) is 0.693. The summed E-state index contributed by atoms with van der Waals surface area (Å²) < 4.78 is 5.02. The van der Waals surface area contributed by atoms with Crippen LogP contribution in [-0.2, 0) is 25.7 Å². The molecule has 7 nitrogen and oxygen atoms in total. The van der Waals surface area contributed by atoms with Gasteiger partial charge in [-0.15, -0.1) is 0 Å². The lowest BCUT2D eigenvalue weighted by molar-refractivity contribution is -0.139. The van der Waals surface area contributed by atoms with E-state index in [0.29, 0.717) is 5.56 Å². The van der Waals surface area contributed by atoms with Gasteiger partial charge in [0.2, 0.25) is 11.8 Å². The van der Waals surface area contributed by atoms with Crippen molar-refractivity contribution in [2.75, 3.05) is 6.61 Å². The van der Waals surface area contributed by atoms with Gasteiger partial charge in [-0.3, -0.25) is 19.3 Å². The maximum Gasteiger partial charge on any atom is 0.338 e. The molecule has 2 rings (SSSR count). The lowest BCUT2D eigenvalue weighted by Gasteiger charge is -2.24. The van der Waals surface area contributed by atoms with E-state index in [0.717, 1.165) is 12.0 Å². The van der Waals surface area contributed by atoms with Crippen LogP contribution in [0, 0.1) is 0 Å². The number of hydrogen-bond donors (Lipinski definition) is 1. The molecule has 0 radical (unpaired) electrons. The minimum absolute atomic E-state index is 0.181. The molecule has 0 bridgehead atoms. The van der Waals surface area contributed by atoms with Crippen LogP contribution in [0.25, 0.3) is 0 Å². The van der Waals surface area contributed by atoms with Crippen LogP contribution in [0.5, 0.6) is 0 Å². The summed E-state index contributed by atoms with van der Waals surface area (Å²) in [5.74, 6) is -1.32. The number of nitrogens with zero attached hydrogens (tertiary/aromatic N) is 1. The molecule has 1 aliphatic heterocycles. The van der Waals surface area contributed by atoms with Gasteiger partial charge in [0.1, 0.15) is 0 Å². The summed E-state index contributed by atoms with van der Waals surface area (Å²) in [6.07, 6.45) is 1.26. The minimum atomic E-state index is -0.602. The number of hydrogen-bond acceptors (Lipinski definition) is 5. The first kappa shape index (κ1) is 19.6. The van der Waals surface area contributed by atoms with Crippen molar-refractivity contribution in [3.05, 3.63) is 35.4 Å².